The zero-order valence-electron chi connectivity index (χ0n) is 20.0. The molecule has 0 aromatic heterocycles. The van der Waals surface area contributed by atoms with E-state index in [1.165, 1.54) is 13.0 Å². The van der Waals surface area contributed by atoms with Crippen LogP contribution in [-0.2, 0) is 23.9 Å². The molecular weight excluding hydrogens is 420 g/mol. The van der Waals surface area contributed by atoms with Gasteiger partial charge in [0.25, 0.3) is 5.91 Å². The summed E-state index contributed by atoms with van der Waals surface area (Å²) in [6.07, 6.45) is -1.42. The maximum atomic E-state index is 12.4. The van der Waals surface area contributed by atoms with Crippen LogP contribution in [0.25, 0.3) is 0 Å². The Morgan fingerprint density at radius 3 is 2.22 bits per heavy atom. The molecule has 0 unspecified atom stereocenters. The summed E-state index contributed by atoms with van der Waals surface area (Å²) < 4.78 is 9.96. The van der Waals surface area contributed by atoms with Crippen molar-refractivity contribution in [3.63, 3.8) is 0 Å². The number of rotatable bonds is 14. The van der Waals surface area contributed by atoms with E-state index in [2.05, 4.69) is 10.6 Å². The minimum atomic E-state index is -1.74. The van der Waals surface area contributed by atoms with Crippen molar-refractivity contribution in [2.75, 3.05) is 20.3 Å². The lowest BCUT2D eigenvalue weighted by molar-refractivity contribution is -0.150. The molecular formula is C22H40N2O8. The highest BCUT2D eigenvalue weighted by atomic mass is 16.5. The van der Waals surface area contributed by atoms with E-state index < -0.39 is 42.3 Å². The molecule has 0 spiro atoms. The molecule has 5 atom stereocenters. The number of nitrogens with one attached hydrogen (secondary N) is 2. The molecule has 5 N–H and O–H groups in total. The Bertz CT molecular complexity index is 618. The van der Waals surface area contributed by atoms with Crippen LogP contribution in [0.2, 0.25) is 0 Å². The molecule has 0 saturated heterocycles. The van der Waals surface area contributed by atoms with Gasteiger partial charge < -0.3 is 35.4 Å². The number of allylic oxidation sites excluding steroid dienone is 1. The summed E-state index contributed by atoms with van der Waals surface area (Å²) in [5, 5.41) is 35.5. The smallest absolute Gasteiger partial charge is 0.305 e. The minimum absolute atomic E-state index is 0.0144. The second-order valence-corrected chi connectivity index (χ2v) is 8.70. The number of esters is 1. The van der Waals surface area contributed by atoms with Gasteiger partial charge in [0.15, 0.2) is 6.10 Å². The Balaban J connectivity index is 4.65. The van der Waals surface area contributed by atoms with Crippen LogP contribution in [0.15, 0.2) is 12.2 Å². The quantitative estimate of drug-likeness (QED) is 0.138. The van der Waals surface area contributed by atoms with Crippen LogP contribution in [0.5, 0.6) is 0 Å². The molecule has 0 heterocycles. The summed E-state index contributed by atoms with van der Waals surface area (Å²) in [6, 6.07) is -0.981. The SMILES string of the molecule is CCCCC(=O)OCCNC(=O)[C@H](C)NC(=O)[C@H](OC)[C@H](O)[C@@H](O)[C@H](O)/C=C/C(C)(C)C. The van der Waals surface area contributed by atoms with Gasteiger partial charge in [0, 0.05) is 13.5 Å². The van der Waals surface area contributed by atoms with Crippen LogP contribution in [0.4, 0.5) is 0 Å². The Hall–Kier alpha value is -2.01. The first kappa shape index (κ1) is 30.0. The van der Waals surface area contributed by atoms with Crippen LogP contribution in [-0.4, -0.2) is 83.8 Å². The van der Waals surface area contributed by atoms with Gasteiger partial charge in [-0.2, -0.15) is 0 Å². The highest BCUT2D eigenvalue weighted by Gasteiger charge is 2.36. The van der Waals surface area contributed by atoms with Crippen molar-refractivity contribution in [1.82, 2.24) is 10.6 Å². The Morgan fingerprint density at radius 2 is 1.69 bits per heavy atom. The highest BCUT2D eigenvalue weighted by molar-refractivity contribution is 5.89. The van der Waals surface area contributed by atoms with Gasteiger partial charge in [0.2, 0.25) is 5.91 Å². The van der Waals surface area contributed by atoms with E-state index in [1.807, 2.05) is 27.7 Å². The Labute approximate surface area is 190 Å². The molecule has 10 nitrogen and oxygen atoms in total. The highest BCUT2D eigenvalue weighted by Crippen LogP contribution is 2.17. The van der Waals surface area contributed by atoms with Crippen LogP contribution in [0.1, 0.15) is 53.9 Å². The fourth-order valence-electron chi connectivity index (χ4n) is 2.53. The number of carbonyl (C=O) groups excluding carboxylic acids is 3. The number of aliphatic hydroxyl groups excluding tert-OH is 3. The van der Waals surface area contributed by atoms with Crippen molar-refractivity contribution < 1.29 is 39.2 Å². The predicted octanol–water partition coefficient (Wildman–Crippen LogP) is 0.0407. The monoisotopic (exact) mass is 460 g/mol. The topological polar surface area (TPSA) is 154 Å². The van der Waals surface area contributed by atoms with E-state index in [0.717, 1.165) is 20.0 Å². The molecule has 0 radical (unpaired) electrons. The summed E-state index contributed by atoms with van der Waals surface area (Å²) in [5.41, 5.74) is -0.250. The first-order chi connectivity index (χ1) is 14.8. The summed E-state index contributed by atoms with van der Waals surface area (Å²) in [4.78, 5) is 36.0. The van der Waals surface area contributed by atoms with Crippen molar-refractivity contribution in [2.45, 2.75) is 84.3 Å². The van der Waals surface area contributed by atoms with Gasteiger partial charge in [0.05, 0.1) is 6.54 Å². The second kappa shape index (κ2) is 14.9. The van der Waals surface area contributed by atoms with Crippen LogP contribution >= 0.6 is 0 Å². The standard InChI is InChI=1S/C22H40N2O8/c1-7-8-9-16(26)32-13-12-23-20(29)14(2)24-21(30)19(31-6)18(28)17(27)15(25)10-11-22(3,4)5/h10-11,14-15,17-19,25,27-28H,7-9,12-13H2,1-6H3,(H,23,29)(H,24,30)/b11-10+/t14-,15+,17-,18+,19+/m0/s1. The van der Waals surface area contributed by atoms with Crippen molar-refractivity contribution in [3.05, 3.63) is 12.2 Å². The zero-order chi connectivity index (χ0) is 24.9. The Morgan fingerprint density at radius 1 is 1.06 bits per heavy atom. The summed E-state index contributed by atoms with van der Waals surface area (Å²) in [6.45, 7) is 9.17. The normalized spacial score (nSPS) is 16.7. The lowest BCUT2D eigenvalue weighted by atomic mass is 9.94. The molecule has 0 aromatic rings. The molecule has 0 fully saturated rings. The van der Waals surface area contributed by atoms with Crippen LogP contribution in [0, 0.1) is 5.41 Å². The number of hydrogen-bond acceptors (Lipinski definition) is 8. The summed E-state index contributed by atoms with van der Waals surface area (Å²) in [5.74, 6) is -1.70. The van der Waals surface area contributed by atoms with Crippen molar-refractivity contribution in [2.24, 2.45) is 5.41 Å². The van der Waals surface area contributed by atoms with Gasteiger partial charge in [-0.3, -0.25) is 14.4 Å². The number of aliphatic hydroxyl groups is 3. The number of carbonyl (C=O) groups is 3. The van der Waals surface area contributed by atoms with Gasteiger partial charge in [0.1, 0.15) is 31.0 Å². The zero-order valence-corrected chi connectivity index (χ0v) is 20.0. The number of ether oxygens (including phenoxy) is 2. The minimum Gasteiger partial charge on any atom is -0.464 e. The van der Waals surface area contributed by atoms with Crippen molar-refractivity contribution in [1.29, 1.82) is 0 Å². The molecule has 0 rings (SSSR count). The van der Waals surface area contributed by atoms with Gasteiger partial charge in [-0.25, -0.2) is 0 Å². The molecule has 32 heavy (non-hydrogen) atoms. The van der Waals surface area contributed by atoms with E-state index >= 15 is 0 Å². The summed E-state index contributed by atoms with van der Waals surface area (Å²) in [7, 11) is 1.16. The molecule has 0 bridgehead atoms. The fourth-order valence-corrected chi connectivity index (χ4v) is 2.53. The maximum Gasteiger partial charge on any atom is 0.305 e. The molecule has 0 aromatic carbocycles. The van der Waals surface area contributed by atoms with Gasteiger partial charge in [-0.1, -0.05) is 46.3 Å². The average molecular weight is 461 g/mol. The molecule has 0 saturated carbocycles. The number of methoxy groups -OCH3 is 1. The van der Waals surface area contributed by atoms with E-state index in [4.69, 9.17) is 9.47 Å². The predicted molar refractivity (Wildman–Crippen MR) is 119 cm³/mol. The van der Waals surface area contributed by atoms with Crippen molar-refractivity contribution >= 4 is 17.8 Å². The molecule has 0 aliphatic heterocycles. The van der Waals surface area contributed by atoms with E-state index in [9.17, 15) is 29.7 Å². The third kappa shape index (κ3) is 12.1. The largest absolute Gasteiger partial charge is 0.464 e. The third-order valence-electron chi connectivity index (χ3n) is 4.47. The second-order valence-electron chi connectivity index (χ2n) is 8.70. The first-order valence-corrected chi connectivity index (χ1v) is 10.8. The summed E-state index contributed by atoms with van der Waals surface area (Å²) >= 11 is 0. The Kier molecular flexibility index (Phi) is 14.0. The number of unbranched alkanes of at least 4 members (excludes halogenated alkanes) is 1. The molecule has 10 heteroatoms. The number of amides is 2. The van der Waals surface area contributed by atoms with E-state index in [0.29, 0.717) is 6.42 Å². The van der Waals surface area contributed by atoms with E-state index in [-0.39, 0.29) is 24.5 Å². The van der Waals surface area contributed by atoms with Crippen LogP contribution in [0.3, 0.4) is 0 Å². The van der Waals surface area contributed by atoms with Gasteiger partial charge >= 0.3 is 5.97 Å². The van der Waals surface area contributed by atoms with Gasteiger partial charge in [-0.05, 0) is 18.8 Å². The first-order valence-electron chi connectivity index (χ1n) is 10.8. The lowest BCUT2D eigenvalue weighted by Crippen LogP contribution is -2.55. The maximum absolute atomic E-state index is 12.4. The molecule has 0 aliphatic carbocycles. The van der Waals surface area contributed by atoms with Crippen molar-refractivity contribution in [3.8, 4) is 0 Å². The molecule has 2 amide bonds. The van der Waals surface area contributed by atoms with Crippen LogP contribution < -0.4 is 10.6 Å². The fraction of sp³-hybridized carbons (Fsp3) is 0.773. The third-order valence-corrected chi connectivity index (χ3v) is 4.47. The lowest BCUT2D eigenvalue weighted by Gasteiger charge is -2.28. The molecule has 186 valence electrons. The molecule has 0 aliphatic rings. The van der Waals surface area contributed by atoms with E-state index in [1.54, 1.807) is 6.08 Å². The average Bonchev–Trinajstić information content (AvgIpc) is 2.72. The number of hydrogen-bond donors (Lipinski definition) is 5. The van der Waals surface area contributed by atoms with Gasteiger partial charge in [-0.15, -0.1) is 0 Å².